The fourth-order valence-electron chi connectivity index (χ4n) is 3.05. The summed E-state index contributed by atoms with van der Waals surface area (Å²) in [6, 6.07) is 12.3. The first kappa shape index (κ1) is 21.6. The summed E-state index contributed by atoms with van der Waals surface area (Å²) >= 11 is 1.79. The number of nitrogens with one attached hydrogen (secondary N) is 2. The second kappa shape index (κ2) is 11.8. The van der Waals surface area contributed by atoms with Crippen molar-refractivity contribution in [3.05, 3.63) is 46.7 Å². The first-order valence-electron chi connectivity index (χ1n) is 10.3. The first-order chi connectivity index (χ1) is 14.2. The summed E-state index contributed by atoms with van der Waals surface area (Å²) in [4.78, 5) is 8.56. The van der Waals surface area contributed by atoms with Gasteiger partial charge >= 0.3 is 0 Å². The minimum atomic E-state index is 0.171. The van der Waals surface area contributed by atoms with Crippen molar-refractivity contribution in [2.45, 2.75) is 26.4 Å². The summed E-state index contributed by atoms with van der Waals surface area (Å²) in [5, 5.41) is 9.00. The minimum absolute atomic E-state index is 0.171. The quantitative estimate of drug-likeness (QED) is 0.484. The Balaban J connectivity index is 1.55. The molecule has 6 nitrogen and oxygen atoms in total. The summed E-state index contributed by atoms with van der Waals surface area (Å²) in [6.45, 7) is 10.2. The summed E-state index contributed by atoms with van der Waals surface area (Å²) < 4.78 is 11.1. The Labute approximate surface area is 177 Å². The maximum atomic E-state index is 5.72. The lowest BCUT2D eigenvalue weighted by atomic mass is 10.3. The van der Waals surface area contributed by atoms with Gasteiger partial charge < -0.3 is 20.1 Å². The van der Waals surface area contributed by atoms with Gasteiger partial charge in [-0.25, -0.2) is 0 Å². The topological polar surface area (TPSA) is 58.1 Å². The monoisotopic (exact) mass is 416 g/mol. The zero-order chi connectivity index (χ0) is 20.3. The van der Waals surface area contributed by atoms with Gasteiger partial charge in [0.2, 0.25) is 0 Å². The molecule has 0 aliphatic carbocycles. The third-order valence-electron chi connectivity index (χ3n) is 4.52. The summed E-state index contributed by atoms with van der Waals surface area (Å²) in [7, 11) is 0. The molecule has 7 heteroatoms. The molecule has 0 radical (unpaired) electrons. The number of anilines is 1. The molecule has 29 heavy (non-hydrogen) atoms. The average molecular weight is 417 g/mol. The normalized spacial score (nSPS) is 15.5. The van der Waals surface area contributed by atoms with E-state index >= 15 is 0 Å². The van der Waals surface area contributed by atoms with E-state index in [1.165, 1.54) is 4.88 Å². The summed E-state index contributed by atoms with van der Waals surface area (Å²) in [6.07, 6.45) is 1.16. The predicted octanol–water partition coefficient (Wildman–Crippen LogP) is 3.47. The Kier molecular flexibility index (Phi) is 8.80. The van der Waals surface area contributed by atoms with Crippen LogP contribution < -0.4 is 15.4 Å². The van der Waals surface area contributed by atoms with Crippen LogP contribution in [0.4, 0.5) is 5.69 Å². The molecule has 0 atom stereocenters. The summed E-state index contributed by atoms with van der Waals surface area (Å²) in [5.74, 6) is 1.69. The van der Waals surface area contributed by atoms with Gasteiger partial charge in [0.25, 0.3) is 0 Å². The fraction of sp³-hybridized carbons (Fsp3) is 0.500. The Morgan fingerprint density at radius 2 is 2.00 bits per heavy atom. The lowest BCUT2D eigenvalue weighted by Gasteiger charge is -2.25. The van der Waals surface area contributed by atoms with E-state index < -0.39 is 0 Å². The van der Waals surface area contributed by atoms with Crippen molar-refractivity contribution < 1.29 is 9.47 Å². The lowest BCUT2D eigenvalue weighted by molar-refractivity contribution is 0.0394. The average Bonchev–Trinajstić information content (AvgIpc) is 3.23. The lowest BCUT2D eigenvalue weighted by Crippen LogP contribution is -2.38. The summed E-state index contributed by atoms with van der Waals surface area (Å²) in [5.41, 5.74) is 0.995. The van der Waals surface area contributed by atoms with Crippen LogP contribution in [0.2, 0.25) is 0 Å². The molecule has 1 fully saturated rings. The number of rotatable bonds is 9. The van der Waals surface area contributed by atoms with Crippen molar-refractivity contribution in [1.82, 2.24) is 10.2 Å². The molecular formula is C22H32N4O2S. The Bertz CT molecular complexity index is 726. The largest absolute Gasteiger partial charge is 0.491 e. The van der Waals surface area contributed by atoms with E-state index in [0.717, 1.165) is 69.8 Å². The fourth-order valence-corrected chi connectivity index (χ4v) is 3.76. The van der Waals surface area contributed by atoms with Crippen LogP contribution in [0.1, 0.15) is 18.7 Å². The van der Waals surface area contributed by atoms with Crippen LogP contribution >= 0.6 is 11.3 Å². The molecule has 2 N–H and O–H groups in total. The number of benzene rings is 1. The second-order valence-electron chi connectivity index (χ2n) is 7.26. The van der Waals surface area contributed by atoms with Gasteiger partial charge in [-0.15, -0.1) is 11.3 Å². The van der Waals surface area contributed by atoms with Gasteiger partial charge in [-0.1, -0.05) is 6.07 Å². The van der Waals surface area contributed by atoms with Gasteiger partial charge in [0.1, 0.15) is 5.75 Å². The number of hydrogen-bond donors (Lipinski definition) is 2. The third kappa shape index (κ3) is 8.04. The number of morpholine rings is 1. The van der Waals surface area contributed by atoms with Crippen LogP contribution in [-0.4, -0.2) is 62.9 Å². The van der Waals surface area contributed by atoms with Crippen molar-refractivity contribution in [1.29, 1.82) is 0 Å². The number of thiophene rings is 1. The van der Waals surface area contributed by atoms with E-state index in [2.05, 4.69) is 33.0 Å². The van der Waals surface area contributed by atoms with Gasteiger partial charge in [-0.2, -0.15) is 0 Å². The Morgan fingerprint density at radius 3 is 2.69 bits per heavy atom. The van der Waals surface area contributed by atoms with Crippen molar-refractivity contribution in [3.8, 4) is 5.75 Å². The molecule has 1 aliphatic heterocycles. The number of aliphatic imine (C=N–C) groups is 1. The minimum Gasteiger partial charge on any atom is -0.491 e. The zero-order valence-corrected chi connectivity index (χ0v) is 18.2. The zero-order valence-electron chi connectivity index (χ0n) is 17.4. The smallest absolute Gasteiger partial charge is 0.195 e. The van der Waals surface area contributed by atoms with Gasteiger partial charge in [-0.05, 0) is 56.0 Å². The third-order valence-corrected chi connectivity index (χ3v) is 5.46. The molecule has 0 bridgehead atoms. The second-order valence-corrected chi connectivity index (χ2v) is 8.29. The van der Waals surface area contributed by atoms with Crippen LogP contribution in [0.5, 0.6) is 5.75 Å². The van der Waals surface area contributed by atoms with E-state index in [-0.39, 0.29) is 6.10 Å². The van der Waals surface area contributed by atoms with Crippen molar-refractivity contribution in [2.24, 2.45) is 4.99 Å². The van der Waals surface area contributed by atoms with Crippen LogP contribution in [0.3, 0.4) is 0 Å². The molecule has 1 aliphatic rings. The van der Waals surface area contributed by atoms with Crippen molar-refractivity contribution in [2.75, 3.05) is 51.3 Å². The molecule has 0 saturated carbocycles. The number of guanidine groups is 1. The van der Waals surface area contributed by atoms with Gasteiger partial charge in [0.05, 0.1) is 25.9 Å². The molecule has 2 aromatic rings. The standard InChI is InChI=1S/C22H32N4O2S/c1-18(2)28-20-7-5-19(6-8-20)25-22(23-10-9-21-4-3-17-29-21)24-11-12-26-13-15-27-16-14-26/h3-8,17-18H,9-16H2,1-2H3,(H2,23,24,25). The molecule has 0 amide bonds. The van der Waals surface area contributed by atoms with Crippen LogP contribution in [0, 0.1) is 0 Å². The van der Waals surface area contributed by atoms with E-state index in [0.29, 0.717) is 0 Å². The SMILES string of the molecule is CC(C)Oc1ccc(NC(=NCCN2CCOCC2)NCCc2cccs2)cc1. The Hall–Kier alpha value is -2.09. The van der Waals surface area contributed by atoms with Crippen molar-refractivity contribution >= 4 is 23.0 Å². The van der Waals surface area contributed by atoms with Crippen molar-refractivity contribution in [3.63, 3.8) is 0 Å². The molecule has 3 rings (SSSR count). The maximum Gasteiger partial charge on any atom is 0.195 e. The first-order valence-corrected chi connectivity index (χ1v) is 11.2. The molecule has 1 aromatic heterocycles. The van der Waals surface area contributed by atoms with Gasteiger partial charge in [0.15, 0.2) is 5.96 Å². The van der Waals surface area contributed by atoms with E-state index in [9.17, 15) is 0 Å². The highest BCUT2D eigenvalue weighted by molar-refractivity contribution is 7.09. The number of ether oxygens (including phenoxy) is 2. The van der Waals surface area contributed by atoms with Crippen LogP contribution in [0.25, 0.3) is 0 Å². The predicted molar refractivity (Wildman–Crippen MR) is 121 cm³/mol. The highest BCUT2D eigenvalue weighted by Gasteiger charge is 2.09. The molecule has 1 aromatic carbocycles. The highest BCUT2D eigenvalue weighted by Crippen LogP contribution is 2.17. The van der Waals surface area contributed by atoms with Crippen LogP contribution in [-0.2, 0) is 11.2 Å². The maximum absolute atomic E-state index is 5.72. The van der Waals surface area contributed by atoms with E-state index in [1.807, 2.05) is 38.1 Å². The number of nitrogens with zero attached hydrogens (tertiary/aromatic N) is 2. The van der Waals surface area contributed by atoms with Crippen LogP contribution in [0.15, 0.2) is 46.8 Å². The molecule has 158 valence electrons. The van der Waals surface area contributed by atoms with E-state index in [1.54, 1.807) is 11.3 Å². The molecule has 1 saturated heterocycles. The number of hydrogen-bond acceptors (Lipinski definition) is 5. The van der Waals surface area contributed by atoms with Gasteiger partial charge in [-0.3, -0.25) is 9.89 Å². The molecule has 2 heterocycles. The molecule has 0 unspecified atom stereocenters. The van der Waals surface area contributed by atoms with Gasteiger partial charge in [0, 0.05) is 36.7 Å². The Morgan fingerprint density at radius 1 is 1.21 bits per heavy atom. The van der Waals surface area contributed by atoms with E-state index in [4.69, 9.17) is 14.5 Å². The molecular weight excluding hydrogens is 384 g/mol. The molecule has 0 spiro atoms. The highest BCUT2D eigenvalue weighted by atomic mass is 32.1.